The molecule has 0 radical (unpaired) electrons. The van der Waals surface area contributed by atoms with Gasteiger partial charge in [-0.25, -0.2) is 0 Å². The Hall–Kier alpha value is -0.933. The first-order chi connectivity index (χ1) is 9.56. The van der Waals surface area contributed by atoms with Crippen LogP contribution in [0.4, 0.5) is 0 Å². The molecule has 3 heteroatoms. The molecule has 1 rings (SSSR count). The second-order valence-electron chi connectivity index (χ2n) is 7.78. The first-order valence-electron chi connectivity index (χ1n) is 7.79. The van der Waals surface area contributed by atoms with E-state index in [1.54, 1.807) is 0 Å². The third-order valence-corrected chi connectivity index (χ3v) is 8.73. The van der Waals surface area contributed by atoms with Gasteiger partial charge in [-0.3, -0.25) is 0 Å². The first-order valence-corrected chi connectivity index (χ1v) is 10.7. The van der Waals surface area contributed by atoms with Gasteiger partial charge in [-0.1, -0.05) is 58.9 Å². The van der Waals surface area contributed by atoms with Gasteiger partial charge in [0.2, 0.25) is 0 Å². The molecule has 0 aliphatic rings. The summed E-state index contributed by atoms with van der Waals surface area (Å²) in [6, 6.07) is 8.26. The average Bonchev–Trinajstić information content (AvgIpc) is 2.34. The molecule has 0 aliphatic heterocycles. The van der Waals surface area contributed by atoms with E-state index in [0.29, 0.717) is 5.92 Å². The van der Waals surface area contributed by atoms with Crippen molar-refractivity contribution in [1.29, 1.82) is 0 Å². The topological polar surface area (TPSA) is 26.3 Å². The normalized spacial score (nSPS) is 14.3. The monoisotopic (exact) mass is 306 g/mol. The van der Waals surface area contributed by atoms with Gasteiger partial charge < -0.3 is 9.22 Å². The third kappa shape index (κ3) is 5.08. The Morgan fingerprint density at radius 3 is 2.33 bits per heavy atom. The zero-order chi connectivity index (χ0) is 16.3. The number of hydrogen-bond acceptors (Lipinski definition) is 2. The zero-order valence-electron chi connectivity index (χ0n) is 14.6. The van der Waals surface area contributed by atoms with Gasteiger partial charge in [0.25, 0.3) is 0 Å². The van der Waals surface area contributed by atoms with Crippen molar-refractivity contribution in [1.82, 2.24) is 0 Å². The molecule has 0 heterocycles. The van der Waals surface area contributed by atoms with Crippen molar-refractivity contribution in [3.05, 3.63) is 35.4 Å². The van der Waals surface area contributed by atoms with Gasteiger partial charge in [-0.2, -0.15) is 0 Å². The average molecular weight is 307 g/mol. The minimum atomic E-state index is -1.95. The minimum Gasteiger partial charge on any atom is -0.403 e. The van der Waals surface area contributed by atoms with Crippen LogP contribution >= 0.6 is 0 Å². The van der Waals surface area contributed by atoms with Gasteiger partial charge >= 0.3 is 0 Å². The molecule has 0 unspecified atom stereocenters. The Labute approximate surface area is 131 Å². The van der Waals surface area contributed by atoms with Crippen LogP contribution in [-0.4, -0.2) is 14.6 Å². The van der Waals surface area contributed by atoms with Gasteiger partial charge in [0, 0.05) is 0 Å². The predicted octanol–water partition coefficient (Wildman–Crippen LogP) is 5.15. The van der Waals surface area contributed by atoms with Crippen LogP contribution in [0.15, 0.2) is 24.3 Å². The van der Waals surface area contributed by atoms with Crippen LogP contribution in [0.2, 0.25) is 18.1 Å². The molecule has 1 aromatic carbocycles. The van der Waals surface area contributed by atoms with E-state index >= 15 is 0 Å². The number of aldehydes is 1. The third-order valence-electron chi connectivity index (χ3n) is 4.27. The van der Waals surface area contributed by atoms with E-state index in [4.69, 9.17) is 4.43 Å². The highest BCUT2D eigenvalue weighted by atomic mass is 28.4. The second-order valence-corrected chi connectivity index (χ2v) is 12.5. The maximum absolute atomic E-state index is 11.5. The maximum atomic E-state index is 11.5. The molecule has 0 fully saturated rings. The molecule has 0 aliphatic carbocycles. The summed E-state index contributed by atoms with van der Waals surface area (Å²) < 4.78 is 6.27. The van der Waals surface area contributed by atoms with Crippen LogP contribution in [0, 0.1) is 5.92 Å². The molecular formula is C18H30O2Si. The molecule has 0 saturated heterocycles. The van der Waals surface area contributed by atoms with Crippen LogP contribution in [-0.2, 0) is 15.6 Å². The van der Waals surface area contributed by atoms with E-state index in [1.165, 1.54) is 5.56 Å². The summed E-state index contributed by atoms with van der Waals surface area (Å²) in [5.74, 6) is 0.608. The van der Waals surface area contributed by atoms with E-state index in [-0.39, 0.29) is 5.04 Å². The predicted molar refractivity (Wildman–Crippen MR) is 92.1 cm³/mol. The Morgan fingerprint density at radius 2 is 1.86 bits per heavy atom. The number of rotatable bonds is 6. The number of benzene rings is 1. The van der Waals surface area contributed by atoms with Crippen molar-refractivity contribution >= 4 is 14.6 Å². The van der Waals surface area contributed by atoms with Crippen LogP contribution < -0.4 is 0 Å². The lowest BCUT2D eigenvalue weighted by Crippen LogP contribution is -2.42. The Kier molecular flexibility index (Phi) is 5.94. The lowest BCUT2D eigenvalue weighted by atomic mass is 9.99. The Bertz CT molecular complexity index is 472. The molecule has 0 saturated carbocycles. The van der Waals surface area contributed by atoms with Gasteiger partial charge in [0.1, 0.15) is 6.10 Å². The van der Waals surface area contributed by atoms with Gasteiger partial charge in [0.15, 0.2) is 14.6 Å². The maximum Gasteiger partial charge on any atom is 0.193 e. The highest BCUT2D eigenvalue weighted by Gasteiger charge is 2.39. The lowest BCUT2D eigenvalue weighted by Gasteiger charge is -2.38. The van der Waals surface area contributed by atoms with Crippen LogP contribution in [0.3, 0.4) is 0 Å². The number of carbonyl (C=O) groups excluding carboxylic acids is 1. The highest BCUT2D eigenvalue weighted by Crippen LogP contribution is 2.39. The molecule has 0 aromatic heterocycles. The van der Waals surface area contributed by atoms with E-state index in [1.807, 2.05) is 12.1 Å². The largest absolute Gasteiger partial charge is 0.403 e. The van der Waals surface area contributed by atoms with Gasteiger partial charge in [0.05, 0.1) is 0 Å². The number of hydrogen-bond donors (Lipinski definition) is 0. The van der Waals surface area contributed by atoms with Crippen LogP contribution in [0.5, 0.6) is 0 Å². The molecule has 0 amide bonds. The van der Waals surface area contributed by atoms with Crippen molar-refractivity contribution in [2.75, 3.05) is 0 Å². The highest BCUT2D eigenvalue weighted by molar-refractivity contribution is 6.74. The molecular weight excluding hydrogens is 276 g/mol. The molecule has 0 N–H and O–H groups in total. The fraction of sp³-hybridized carbons (Fsp3) is 0.611. The van der Waals surface area contributed by atoms with Crippen LogP contribution in [0.25, 0.3) is 0 Å². The fourth-order valence-corrected chi connectivity index (χ4v) is 3.22. The molecule has 21 heavy (non-hydrogen) atoms. The molecule has 0 bridgehead atoms. The van der Waals surface area contributed by atoms with Crippen molar-refractivity contribution < 1.29 is 9.22 Å². The Morgan fingerprint density at radius 1 is 1.24 bits per heavy atom. The van der Waals surface area contributed by atoms with Crippen molar-refractivity contribution in [2.24, 2.45) is 5.92 Å². The first kappa shape index (κ1) is 18.1. The summed E-state index contributed by atoms with van der Waals surface area (Å²) >= 11 is 0. The SMILES string of the molecule is CC(C)Cc1cccc([C@@H](C=O)O[Si](C)(C)C(C)(C)C)c1. The summed E-state index contributed by atoms with van der Waals surface area (Å²) in [6.07, 6.45) is 1.52. The molecule has 118 valence electrons. The number of carbonyl (C=O) groups is 1. The quantitative estimate of drug-likeness (QED) is 0.537. The molecule has 0 spiro atoms. The van der Waals surface area contributed by atoms with Crippen molar-refractivity contribution in [3.8, 4) is 0 Å². The van der Waals surface area contributed by atoms with E-state index in [2.05, 4.69) is 59.8 Å². The summed E-state index contributed by atoms with van der Waals surface area (Å²) in [6.45, 7) is 15.3. The van der Waals surface area contributed by atoms with Crippen molar-refractivity contribution in [2.45, 2.75) is 65.3 Å². The summed E-state index contributed by atoms with van der Waals surface area (Å²) in [5, 5.41) is 0.101. The van der Waals surface area contributed by atoms with E-state index < -0.39 is 14.4 Å². The van der Waals surface area contributed by atoms with E-state index in [0.717, 1.165) is 18.3 Å². The summed E-state index contributed by atoms with van der Waals surface area (Å²) in [4.78, 5) is 11.5. The fourth-order valence-electron chi connectivity index (χ4n) is 2.04. The summed E-state index contributed by atoms with van der Waals surface area (Å²) in [7, 11) is -1.95. The molecule has 2 nitrogen and oxygen atoms in total. The zero-order valence-corrected chi connectivity index (χ0v) is 15.6. The van der Waals surface area contributed by atoms with Crippen LogP contribution in [0.1, 0.15) is 51.8 Å². The lowest BCUT2D eigenvalue weighted by molar-refractivity contribution is -0.114. The Balaban J connectivity index is 2.98. The smallest absolute Gasteiger partial charge is 0.193 e. The minimum absolute atomic E-state index is 0.101. The van der Waals surface area contributed by atoms with E-state index in [9.17, 15) is 4.79 Å². The van der Waals surface area contributed by atoms with Crippen molar-refractivity contribution in [3.63, 3.8) is 0 Å². The standard InChI is InChI=1S/C18H30O2Si/c1-14(2)11-15-9-8-10-16(12-15)17(13-19)20-21(6,7)18(3,4)5/h8-10,12-14,17H,11H2,1-7H3/t17-/m1/s1. The summed E-state index contributed by atoms with van der Waals surface area (Å²) in [5.41, 5.74) is 2.25. The molecule has 1 atom stereocenters. The van der Waals surface area contributed by atoms with Gasteiger partial charge in [-0.15, -0.1) is 0 Å². The second kappa shape index (κ2) is 6.88. The van der Waals surface area contributed by atoms with Gasteiger partial charge in [-0.05, 0) is 41.6 Å². The molecule has 1 aromatic rings.